The highest BCUT2D eigenvalue weighted by Crippen LogP contribution is 2.36. The van der Waals surface area contributed by atoms with Gasteiger partial charge in [0.15, 0.2) is 18.1 Å². The molecule has 0 saturated heterocycles. The van der Waals surface area contributed by atoms with Crippen LogP contribution in [0, 0.1) is 0 Å². The largest absolute Gasteiger partial charge is 0.490 e. The Morgan fingerprint density at radius 3 is 2.48 bits per heavy atom. The fraction of sp³-hybridized carbons (Fsp3) is 0.462. The van der Waals surface area contributed by atoms with E-state index in [-0.39, 0.29) is 30.4 Å². The van der Waals surface area contributed by atoms with Gasteiger partial charge in [0.05, 0.1) is 18.9 Å². The van der Waals surface area contributed by atoms with Crippen molar-refractivity contribution in [2.75, 3.05) is 37.8 Å². The molecule has 3 rings (SSSR count). The Balaban J connectivity index is 1.63. The first kappa shape index (κ1) is 24.4. The first-order valence-electron chi connectivity index (χ1n) is 11.5. The number of ether oxygens (including phenoxy) is 3. The molecule has 1 aliphatic heterocycles. The number of hydrogen-bond donors (Lipinski definition) is 1. The predicted octanol–water partition coefficient (Wildman–Crippen LogP) is 3.87. The summed E-state index contributed by atoms with van der Waals surface area (Å²) in [5.74, 6) is 1.60. The van der Waals surface area contributed by atoms with E-state index in [9.17, 15) is 9.59 Å². The Kier molecular flexibility index (Phi) is 7.84. The van der Waals surface area contributed by atoms with Crippen molar-refractivity contribution in [2.45, 2.75) is 46.5 Å². The molecule has 0 aromatic heterocycles. The maximum Gasteiger partial charge on any atom is 0.265 e. The number of fused-ring (bicyclic) bond motifs is 1. The Hall–Kier alpha value is -3.22. The van der Waals surface area contributed by atoms with Crippen LogP contribution >= 0.6 is 0 Å². The van der Waals surface area contributed by atoms with Crippen LogP contribution < -0.4 is 24.4 Å². The lowest BCUT2D eigenvalue weighted by atomic mass is 9.86. The summed E-state index contributed by atoms with van der Waals surface area (Å²) in [6.07, 6.45) is 0.639. The zero-order valence-electron chi connectivity index (χ0n) is 20.2. The van der Waals surface area contributed by atoms with Crippen LogP contribution in [-0.2, 0) is 21.4 Å². The lowest BCUT2D eigenvalue weighted by Crippen LogP contribution is -2.45. The van der Waals surface area contributed by atoms with Crippen LogP contribution in [0.25, 0.3) is 0 Å². The van der Waals surface area contributed by atoms with E-state index in [4.69, 9.17) is 14.2 Å². The van der Waals surface area contributed by atoms with Gasteiger partial charge >= 0.3 is 0 Å². The van der Waals surface area contributed by atoms with Crippen LogP contribution in [0.3, 0.4) is 0 Å². The fourth-order valence-corrected chi connectivity index (χ4v) is 3.64. The summed E-state index contributed by atoms with van der Waals surface area (Å²) in [6, 6.07) is 11.6. The number of hydrogen-bond acceptors (Lipinski definition) is 5. The highest BCUT2D eigenvalue weighted by molar-refractivity contribution is 6.02. The van der Waals surface area contributed by atoms with E-state index in [2.05, 4.69) is 26.1 Å². The van der Waals surface area contributed by atoms with Gasteiger partial charge in [-0.05, 0) is 61.1 Å². The first-order chi connectivity index (χ1) is 15.7. The van der Waals surface area contributed by atoms with Gasteiger partial charge in [-0.25, -0.2) is 0 Å². The SMILES string of the molecule is CCOc1ccc(CCNC(=O)CN2C(=O)COc3ccc(C(C)(C)C)cc32)cc1OCC. The van der Waals surface area contributed by atoms with E-state index >= 15 is 0 Å². The van der Waals surface area contributed by atoms with E-state index in [1.165, 1.54) is 4.90 Å². The zero-order valence-corrected chi connectivity index (χ0v) is 20.2. The van der Waals surface area contributed by atoms with Crippen LogP contribution in [0.5, 0.6) is 17.2 Å². The zero-order chi connectivity index (χ0) is 24.0. The maximum atomic E-state index is 12.7. The molecular weight excluding hydrogens is 420 g/mol. The number of carbonyl (C=O) groups is 2. The van der Waals surface area contributed by atoms with Gasteiger partial charge in [0, 0.05) is 6.54 Å². The molecule has 0 spiro atoms. The number of rotatable bonds is 9. The summed E-state index contributed by atoms with van der Waals surface area (Å²) >= 11 is 0. The highest BCUT2D eigenvalue weighted by Gasteiger charge is 2.29. The second kappa shape index (κ2) is 10.6. The average Bonchev–Trinajstić information content (AvgIpc) is 2.77. The molecule has 2 aromatic rings. The minimum atomic E-state index is -0.225. The lowest BCUT2D eigenvalue weighted by molar-refractivity contribution is -0.125. The number of nitrogens with zero attached hydrogens (tertiary/aromatic N) is 1. The van der Waals surface area contributed by atoms with Crippen molar-refractivity contribution >= 4 is 17.5 Å². The van der Waals surface area contributed by atoms with E-state index in [0.717, 1.165) is 11.1 Å². The molecule has 1 N–H and O–H groups in total. The van der Waals surface area contributed by atoms with E-state index in [1.54, 1.807) is 0 Å². The predicted molar refractivity (Wildman–Crippen MR) is 128 cm³/mol. The van der Waals surface area contributed by atoms with Crippen molar-refractivity contribution in [3.63, 3.8) is 0 Å². The molecule has 1 heterocycles. The molecule has 2 amide bonds. The third-order valence-corrected chi connectivity index (χ3v) is 5.41. The fourth-order valence-electron chi connectivity index (χ4n) is 3.64. The molecule has 0 aliphatic carbocycles. The van der Waals surface area contributed by atoms with E-state index < -0.39 is 0 Å². The Bertz CT molecular complexity index is 997. The molecule has 0 bridgehead atoms. The number of nitrogens with one attached hydrogen (secondary N) is 1. The van der Waals surface area contributed by atoms with Crippen molar-refractivity contribution in [3.8, 4) is 17.2 Å². The van der Waals surface area contributed by atoms with Crippen LogP contribution in [-0.4, -0.2) is 44.7 Å². The van der Waals surface area contributed by atoms with Crippen LogP contribution in [0.15, 0.2) is 36.4 Å². The van der Waals surface area contributed by atoms with E-state index in [1.807, 2.05) is 50.2 Å². The summed E-state index contributed by atoms with van der Waals surface area (Å²) < 4.78 is 16.8. The Labute approximate surface area is 196 Å². The number of anilines is 1. The summed E-state index contributed by atoms with van der Waals surface area (Å²) in [7, 11) is 0. The molecule has 7 heteroatoms. The second-order valence-corrected chi connectivity index (χ2v) is 8.95. The monoisotopic (exact) mass is 454 g/mol. The lowest BCUT2D eigenvalue weighted by Gasteiger charge is -2.31. The first-order valence-corrected chi connectivity index (χ1v) is 11.5. The number of benzene rings is 2. The van der Waals surface area contributed by atoms with Gasteiger partial charge in [0.2, 0.25) is 5.91 Å². The van der Waals surface area contributed by atoms with Gasteiger partial charge in [-0.1, -0.05) is 32.9 Å². The Morgan fingerprint density at radius 1 is 1.06 bits per heavy atom. The van der Waals surface area contributed by atoms with Crippen LogP contribution in [0.4, 0.5) is 5.69 Å². The van der Waals surface area contributed by atoms with Crippen molar-refractivity contribution in [1.82, 2.24) is 5.32 Å². The minimum Gasteiger partial charge on any atom is -0.490 e. The quantitative estimate of drug-likeness (QED) is 0.623. The van der Waals surface area contributed by atoms with Crippen LogP contribution in [0.2, 0.25) is 0 Å². The van der Waals surface area contributed by atoms with Gasteiger partial charge in [-0.15, -0.1) is 0 Å². The summed E-state index contributed by atoms with van der Waals surface area (Å²) in [5.41, 5.74) is 2.67. The van der Waals surface area contributed by atoms with Gasteiger partial charge in [-0.2, -0.15) is 0 Å². The Morgan fingerprint density at radius 2 is 1.79 bits per heavy atom. The van der Waals surface area contributed by atoms with Gasteiger partial charge in [0.25, 0.3) is 5.91 Å². The summed E-state index contributed by atoms with van der Waals surface area (Å²) in [6.45, 7) is 11.6. The third-order valence-electron chi connectivity index (χ3n) is 5.41. The topological polar surface area (TPSA) is 77.1 Å². The van der Waals surface area contributed by atoms with Crippen molar-refractivity contribution < 1.29 is 23.8 Å². The van der Waals surface area contributed by atoms with Gasteiger partial charge in [-0.3, -0.25) is 14.5 Å². The molecule has 33 heavy (non-hydrogen) atoms. The summed E-state index contributed by atoms with van der Waals surface area (Å²) in [5, 5.41) is 2.92. The molecule has 7 nitrogen and oxygen atoms in total. The number of carbonyl (C=O) groups excluding carboxylic acids is 2. The molecule has 0 fully saturated rings. The maximum absolute atomic E-state index is 12.7. The smallest absolute Gasteiger partial charge is 0.265 e. The number of amides is 2. The van der Waals surface area contributed by atoms with Gasteiger partial charge in [0.1, 0.15) is 12.3 Å². The molecule has 0 atom stereocenters. The van der Waals surface area contributed by atoms with Crippen molar-refractivity contribution in [2.24, 2.45) is 0 Å². The van der Waals surface area contributed by atoms with Crippen molar-refractivity contribution in [3.05, 3.63) is 47.5 Å². The molecule has 1 aliphatic rings. The minimum absolute atomic E-state index is 0.0454. The molecule has 0 radical (unpaired) electrons. The third kappa shape index (κ3) is 6.18. The summed E-state index contributed by atoms with van der Waals surface area (Å²) in [4.78, 5) is 26.7. The molecule has 0 unspecified atom stereocenters. The normalized spacial score (nSPS) is 13.2. The van der Waals surface area contributed by atoms with Crippen molar-refractivity contribution in [1.29, 1.82) is 0 Å². The average molecular weight is 455 g/mol. The molecule has 178 valence electrons. The molecule has 2 aromatic carbocycles. The molecule has 0 saturated carbocycles. The molecular formula is C26H34N2O5. The standard InChI is InChI=1S/C26H34N2O5/c1-6-31-22-10-8-18(14-23(22)32-7-2)12-13-27-24(29)16-28-20-15-19(26(3,4)5)9-11-21(20)33-17-25(28)30/h8-11,14-15H,6-7,12-13,16-17H2,1-5H3,(H,27,29). The highest BCUT2D eigenvalue weighted by atomic mass is 16.5. The second-order valence-electron chi connectivity index (χ2n) is 8.95. The van der Waals surface area contributed by atoms with E-state index in [0.29, 0.717) is 49.1 Å². The van der Waals surface area contributed by atoms with Crippen LogP contribution in [0.1, 0.15) is 45.7 Å². The van der Waals surface area contributed by atoms with Gasteiger partial charge < -0.3 is 19.5 Å².